The maximum Gasteiger partial charge on any atom is 0.246 e. The van der Waals surface area contributed by atoms with E-state index < -0.39 is 0 Å². The van der Waals surface area contributed by atoms with Gasteiger partial charge in [-0.25, -0.2) is 0 Å². The van der Waals surface area contributed by atoms with Crippen LogP contribution in [0.2, 0.25) is 0 Å². The predicted molar refractivity (Wildman–Crippen MR) is 80.7 cm³/mol. The number of piperidine rings is 1. The minimum atomic E-state index is -0.330. The Hall–Kier alpha value is -1.10. The average Bonchev–Trinajstić information content (AvgIpc) is 3.27. The third kappa shape index (κ3) is 2.93. The van der Waals surface area contributed by atoms with Crippen molar-refractivity contribution >= 4 is 11.8 Å². The first kappa shape index (κ1) is 14.8. The van der Waals surface area contributed by atoms with Gasteiger partial charge in [0.05, 0.1) is 0 Å². The summed E-state index contributed by atoms with van der Waals surface area (Å²) in [6.07, 6.45) is 4.33. The molecule has 2 unspecified atom stereocenters. The predicted octanol–water partition coefficient (Wildman–Crippen LogP) is 0.844. The van der Waals surface area contributed by atoms with Crippen molar-refractivity contribution in [2.75, 3.05) is 26.7 Å². The van der Waals surface area contributed by atoms with Crippen LogP contribution in [-0.2, 0) is 9.59 Å². The molecule has 0 bridgehead atoms. The summed E-state index contributed by atoms with van der Waals surface area (Å²) in [7, 11) is 2.14. The first-order valence-electron chi connectivity index (χ1n) is 8.19. The molecule has 3 fully saturated rings. The fourth-order valence-corrected chi connectivity index (χ4v) is 3.54. The van der Waals surface area contributed by atoms with E-state index >= 15 is 0 Å². The highest BCUT2D eigenvalue weighted by Crippen LogP contribution is 2.37. The number of carbonyl (C=O) groups is 2. The minimum absolute atomic E-state index is 0.0167. The molecule has 0 aromatic heterocycles. The first-order valence-corrected chi connectivity index (χ1v) is 8.19. The molecular weight excluding hydrogens is 266 g/mol. The lowest BCUT2D eigenvalue weighted by Crippen LogP contribution is -2.64. The van der Waals surface area contributed by atoms with Gasteiger partial charge in [-0.2, -0.15) is 0 Å². The molecule has 118 valence electrons. The molecule has 3 rings (SSSR count). The summed E-state index contributed by atoms with van der Waals surface area (Å²) in [5.41, 5.74) is 0.141. The molecule has 2 heterocycles. The highest BCUT2D eigenvalue weighted by molar-refractivity contribution is 5.97. The van der Waals surface area contributed by atoms with Crippen LogP contribution < -0.4 is 5.32 Å². The molecule has 0 aromatic carbocycles. The van der Waals surface area contributed by atoms with Crippen molar-refractivity contribution in [3.8, 4) is 0 Å². The third-order valence-electron chi connectivity index (χ3n) is 5.53. The lowest BCUT2D eigenvalue weighted by Gasteiger charge is -2.45. The van der Waals surface area contributed by atoms with Crippen LogP contribution in [0.5, 0.6) is 0 Å². The molecule has 3 aliphatic rings. The molecular formula is C16H27N3O2. The number of hydrogen-bond donors (Lipinski definition) is 1. The fourth-order valence-electron chi connectivity index (χ4n) is 3.54. The van der Waals surface area contributed by atoms with Crippen LogP contribution in [0, 0.1) is 11.3 Å². The standard InChI is InChI=1S/C16H27N3O2/c1-11-14(20)17-13(12-4-5-12)15(21)19(11)10-16(2)6-8-18(3)9-7-16/h11-13H,4-10H2,1-3H3,(H,17,20). The molecule has 0 radical (unpaired) electrons. The third-order valence-corrected chi connectivity index (χ3v) is 5.53. The van der Waals surface area contributed by atoms with Crippen LogP contribution in [0.15, 0.2) is 0 Å². The van der Waals surface area contributed by atoms with E-state index in [0.717, 1.165) is 45.3 Å². The van der Waals surface area contributed by atoms with Crippen molar-refractivity contribution in [3.05, 3.63) is 0 Å². The van der Waals surface area contributed by atoms with Gasteiger partial charge >= 0.3 is 0 Å². The van der Waals surface area contributed by atoms with Gasteiger partial charge in [0, 0.05) is 6.54 Å². The Morgan fingerprint density at radius 1 is 1.24 bits per heavy atom. The molecule has 0 aromatic rings. The van der Waals surface area contributed by atoms with E-state index in [1.807, 2.05) is 11.8 Å². The zero-order valence-corrected chi connectivity index (χ0v) is 13.4. The number of hydrogen-bond acceptors (Lipinski definition) is 3. The van der Waals surface area contributed by atoms with Gasteiger partial charge in [-0.15, -0.1) is 0 Å². The van der Waals surface area contributed by atoms with Crippen molar-refractivity contribution in [3.63, 3.8) is 0 Å². The topological polar surface area (TPSA) is 52.7 Å². The highest BCUT2D eigenvalue weighted by atomic mass is 16.2. The maximum atomic E-state index is 12.7. The van der Waals surface area contributed by atoms with E-state index in [2.05, 4.69) is 24.2 Å². The van der Waals surface area contributed by atoms with E-state index in [1.54, 1.807) is 0 Å². The van der Waals surface area contributed by atoms with Gasteiger partial charge in [0.25, 0.3) is 0 Å². The minimum Gasteiger partial charge on any atom is -0.342 e. The van der Waals surface area contributed by atoms with E-state index in [0.29, 0.717) is 5.92 Å². The van der Waals surface area contributed by atoms with Crippen LogP contribution in [0.4, 0.5) is 0 Å². The molecule has 5 nitrogen and oxygen atoms in total. The summed E-state index contributed by atoms with van der Waals surface area (Å²) in [5.74, 6) is 0.537. The Morgan fingerprint density at radius 3 is 2.43 bits per heavy atom. The Morgan fingerprint density at radius 2 is 1.86 bits per heavy atom. The molecule has 2 amide bonds. The van der Waals surface area contributed by atoms with Gasteiger partial charge in [-0.3, -0.25) is 9.59 Å². The van der Waals surface area contributed by atoms with Crippen molar-refractivity contribution in [1.29, 1.82) is 0 Å². The van der Waals surface area contributed by atoms with Gasteiger partial charge in [0.15, 0.2) is 0 Å². The summed E-state index contributed by atoms with van der Waals surface area (Å²) in [5, 5.41) is 2.93. The van der Waals surface area contributed by atoms with Crippen LogP contribution >= 0.6 is 0 Å². The zero-order chi connectivity index (χ0) is 15.2. The summed E-state index contributed by atoms with van der Waals surface area (Å²) in [6.45, 7) is 6.99. The Labute approximate surface area is 127 Å². The number of nitrogens with zero attached hydrogens (tertiary/aromatic N) is 2. The lowest BCUT2D eigenvalue weighted by atomic mass is 9.79. The molecule has 2 atom stereocenters. The lowest BCUT2D eigenvalue weighted by molar-refractivity contribution is -0.151. The summed E-state index contributed by atoms with van der Waals surface area (Å²) in [4.78, 5) is 29.1. The zero-order valence-electron chi connectivity index (χ0n) is 13.4. The number of carbonyl (C=O) groups excluding carboxylic acids is 2. The van der Waals surface area contributed by atoms with Gasteiger partial charge in [-0.1, -0.05) is 6.92 Å². The van der Waals surface area contributed by atoms with E-state index in [9.17, 15) is 9.59 Å². The van der Waals surface area contributed by atoms with E-state index in [-0.39, 0.29) is 29.3 Å². The summed E-state index contributed by atoms with van der Waals surface area (Å²) < 4.78 is 0. The smallest absolute Gasteiger partial charge is 0.246 e. The molecule has 1 aliphatic carbocycles. The largest absolute Gasteiger partial charge is 0.342 e. The average molecular weight is 293 g/mol. The number of rotatable bonds is 3. The fraction of sp³-hybridized carbons (Fsp3) is 0.875. The maximum absolute atomic E-state index is 12.7. The van der Waals surface area contributed by atoms with Crippen molar-refractivity contribution < 1.29 is 9.59 Å². The number of piperazine rings is 1. The first-order chi connectivity index (χ1) is 9.89. The van der Waals surface area contributed by atoms with Crippen LogP contribution in [0.25, 0.3) is 0 Å². The Kier molecular flexibility index (Phi) is 3.72. The molecule has 1 N–H and O–H groups in total. The molecule has 21 heavy (non-hydrogen) atoms. The van der Waals surface area contributed by atoms with Crippen molar-refractivity contribution in [2.24, 2.45) is 11.3 Å². The van der Waals surface area contributed by atoms with E-state index in [1.165, 1.54) is 0 Å². The second kappa shape index (κ2) is 5.27. The number of amides is 2. The van der Waals surface area contributed by atoms with Gasteiger partial charge < -0.3 is 15.1 Å². The molecule has 5 heteroatoms. The van der Waals surface area contributed by atoms with Crippen LogP contribution in [-0.4, -0.2) is 60.4 Å². The Balaban J connectivity index is 1.72. The molecule has 0 spiro atoms. The van der Waals surface area contributed by atoms with Crippen molar-refractivity contribution in [1.82, 2.24) is 15.1 Å². The van der Waals surface area contributed by atoms with E-state index in [4.69, 9.17) is 0 Å². The number of likely N-dealkylation sites (tertiary alicyclic amines) is 1. The molecule has 2 saturated heterocycles. The highest BCUT2D eigenvalue weighted by Gasteiger charge is 2.47. The second-order valence-corrected chi connectivity index (χ2v) is 7.58. The summed E-state index contributed by atoms with van der Waals surface area (Å²) in [6, 6.07) is -0.590. The normalized spacial score (nSPS) is 34.0. The monoisotopic (exact) mass is 293 g/mol. The van der Waals surface area contributed by atoms with Gasteiger partial charge in [-0.05, 0) is 64.1 Å². The van der Waals surface area contributed by atoms with Crippen LogP contribution in [0.1, 0.15) is 39.5 Å². The van der Waals surface area contributed by atoms with Crippen LogP contribution in [0.3, 0.4) is 0 Å². The molecule has 2 aliphatic heterocycles. The summed E-state index contributed by atoms with van der Waals surface area (Å²) >= 11 is 0. The SMILES string of the molecule is CC1C(=O)NC(C2CC2)C(=O)N1CC1(C)CCN(C)CC1. The molecule has 1 saturated carbocycles. The second-order valence-electron chi connectivity index (χ2n) is 7.58. The quantitative estimate of drug-likeness (QED) is 0.839. The van der Waals surface area contributed by atoms with Crippen molar-refractivity contribution in [2.45, 2.75) is 51.6 Å². The van der Waals surface area contributed by atoms with Gasteiger partial charge in [0.2, 0.25) is 11.8 Å². The number of nitrogens with one attached hydrogen (secondary N) is 1. The van der Waals surface area contributed by atoms with Gasteiger partial charge in [0.1, 0.15) is 12.1 Å². The Bertz CT molecular complexity index is 439.